The van der Waals surface area contributed by atoms with Crippen LogP contribution >= 0.6 is 0 Å². The number of alkyl halides is 3. The quantitative estimate of drug-likeness (QED) is 0.760. The molecule has 0 unspecified atom stereocenters. The van der Waals surface area contributed by atoms with Crippen LogP contribution in [0.5, 0.6) is 0 Å². The summed E-state index contributed by atoms with van der Waals surface area (Å²) in [7, 11) is 0. The van der Waals surface area contributed by atoms with Gasteiger partial charge in [-0.3, -0.25) is 4.79 Å². The smallest absolute Gasteiger partial charge is 0.348 e. The summed E-state index contributed by atoms with van der Waals surface area (Å²) in [6.07, 6.45) is -1.33. The number of rotatable bonds is 5. The summed E-state index contributed by atoms with van der Waals surface area (Å²) in [6, 6.07) is 11.7. The van der Waals surface area contributed by atoms with Crippen LogP contribution in [0.2, 0.25) is 0 Å². The van der Waals surface area contributed by atoms with Crippen molar-refractivity contribution in [2.45, 2.75) is 19.3 Å². The van der Waals surface area contributed by atoms with Crippen LogP contribution in [0.4, 0.5) is 13.2 Å². The molecule has 1 N–H and O–H groups in total. The summed E-state index contributed by atoms with van der Waals surface area (Å²) in [5, 5.41) is 6.72. The van der Waals surface area contributed by atoms with Gasteiger partial charge in [-0.1, -0.05) is 24.3 Å². The molecule has 0 saturated heterocycles. The van der Waals surface area contributed by atoms with Crippen LogP contribution in [-0.4, -0.2) is 20.7 Å². The first-order chi connectivity index (χ1) is 12.4. The van der Waals surface area contributed by atoms with Crippen molar-refractivity contribution in [3.63, 3.8) is 0 Å². The van der Waals surface area contributed by atoms with Gasteiger partial charge in [0.15, 0.2) is 0 Å². The van der Waals surface area contributed by atoms with Gasteiger partial charge in [0.25, 0.3) is 5.91 Å². The van der Waals surface area contributed by atoms with E-state index in [1.807, 2.05) is 24.3 Å². The maximum absolute atomic E-state index is 12.5. The molecule has 1 aromatic heterocycles. The van der Waals surface area contributed by atoms with E-state index in [4.69, 9.17) is 0 Å². The number of nitrogens with one attached hydrogen (secondary N) is 1. The average Bonchev–Trinajstić information content (AvgIpc) is 3.13. The molecular weight excluding hydrogens is 345 g/mol. The molecular formula is C18H15F3N4O. The van der Waals surface area contributed by atoms with Crippen LogP contribution in [-0.2, 0) is 19.3 Å². The number of hydrogen-bond acceptors (Lipinski definition) is 3. The van der Waals surface area contributed by atoms with Crippen LogP contribution in [0.3, 0.4) is 0 Å². The standard InChI is InChI=1S/C18H15F3N4O/c19-18(20,21)16-7-5-15(6-8-16)17(26)23-9-13-1-3-14(4-2-13)10-25-12-22-11-24-25/h1-8,11-12H,9-10H2,(H,23,26). The van der Waals surface area contributed by atoms with Crippen LogP contribution < -0.4 is 5.32 Å². The molecule has 0 bridgehead atoms. The summed E-state index contributed by atoms with van der Waals surface area (Å²) in [5.41, 5.74) is 1.32. The molecule has 5 nitrogen and oxygen atoms in total. The van der Waals surface area contributed by atoms with Gasteiger partial charge in [0.05, 0.1) is 12.1 Å². The first kappa shape index (κ1) is 17.7. The van der Waals surface area contributed by atoms with E-state index in [9.17, 15) is 18.0 Å². The minimum Gasteiger partial charge on any atom is -0.348 e. The molecule has 3 rings (SSSR count). The molecule has 0 saturated carbocycles. The van der Waals surface area contributed by atoms with E-state index in [2.05, 4.69) is 15.4 Å². The van der Waals surface area contributed by atoms with Crippen LogP contribution in [0.15, 0.2) is 61.2 Å². The summed E-state index contributed by atoms with van der Waals surface area (Å²) < 4.78 is 39.3. The van der Waals surface area contributed by atoms with Gasteiger partial charge >= 0.3 is 6.18 Å². The summed E-state index contributed by atoms with van der Waals surface area (Å²) >= 11 is 0. The number of nitrogens with zero attached hydrogens (tertiary/aromatic N) is 3. The van der Waals surface area contributed by atoms with Crippen molar-refractivity contribution in [2.24, 2.45) is 0 Å². The average molecular weight is 360 g/mol. The zero-order valence-corrected chi connectivity index (χ0v) is 13.6. The van der Waals surface area contributed by atoms with E-state index >= 15 is 0 Å². The molecule has 8 heteroatoms. The Morgan fingerprint density at radius 1 is 1.00 bits per heavy atom. The highest BCUT2D eigenvalue weighted by molar-refractivity contribution is 5.94. The minimum atomic E-state index is -4.41. The van der Waals surface area contributed by atoms with E-state index in [-0.39, 0.29) is 12.1 Å². The largest absolute Gasteiger partial charge is 0.416 e. The molecule has 2 aromatic carbocycles. The number of hydrogen-bond donors (Lipinski definition) is 1. The predicted molar refractivity (Wildman–Crippen MR) is 88.2 cm³/mol. The third-order valence-electron chi connectivity index (χ3n) is 3.76. The molecule has 1 heterocycles. The maximum atomic E-state index is 12.5. The van der Waals surface area contributed by atoms with Crippen LogP contribution in [0, 0.1) is 0 Å². The normalized spacial score (nSPS) is 11.3. The Hall–Kier alpha value is -3.16. The van der Waals surface area contributed by atoms with Gasteiger partial charge in [0.2, 0.25) is 0 Å². The molecule has 0 spiro atoms. The minimum absolute atomic E-state index is 0.181. The van der Waals surface area contributed by atoms with Crippen molar-refractivity contribution in [3.05, 3.63) is 83.4 Å². The lowest BCUT2D eigenvalue weighted by Gasteiger charge is -2.09. The Labute approximate surface area is 147 Å². The van der Waals surface area contributed by atoms with Gasteiger partial charge in [-0.15, -0.1) is 0 Å². The second kappa shape index (κ2) is 7.38. The SMILES string of the molecule is O=C(NCc1ccc(Cn2cncn2)cc1)c1ccc(C(F)(F)F)cc1. The van der Waals surface area contributed by atoms with Gasteiger partial charge in [0.1, 0.15) is 12.7 Å². The molecule has 0 aliphatic carbocycles. The first-order valence-electron chi connectivity index (χ1n) is 7.77. The number of carbonyl (C=O) groups is 1. The fraction of sp³-hybridized carbons (Fsp3) is 0.167. The predicted octanol–water partition coefficient (Wildman–Crippen LogP) is 3.28. The third kappa shape index (κ3) is 4.47. The second-order valence-electron chi connectivity index (χ2n) is 5.67. The van der Waals surface area contributed by atoms with E-state index in [0.29, 0.717) is 6.54 Å². The summed E-state index contributed by atoms with van der Waals surface area (Å²) in [6.45, 7) is 0.877. The van der Waals surface area contributed by atoms with Gasteiger partial charge in [0, 0.05) is 12.1 Å². The highest BCUT2D eigenvalue weighted by Crippen LogP contribution is 2.29. The van der Waals surface area contributed by atoms with Crippen molar-refractivity contribution in [2.75, 3.05) is 0 Å². The van der Waals surface area contributed by atoms with E-state index in [1.165, 1.54) is 18.5 Å². The lowest BCUT2D eigenvalue weighted by atomic mass is 10.1. The maximum Gasteiger partial charge on any atom is 0.416 e. The Morgan fingerprint density at radius 3 is 2.23 bits per heavy atom. The third-order valence-corrected chi connectivity index (χ3v) is 3.76. The lowest BCUT2D eigenvalue weighted by molar-refractivity contribution is -0.137. The Bertz CT molecular complexity index is 857. The molecule has 0 atom stereocenters. The van der Waals surface area contributed by atoms with Crippen molar-refractivity contribution in [3.8, 4) is 0 Å². The van der Waals surface area contributed by atoms with Gasteiger partial charge in [-0.05, 0) is 35.4 Å². The zero-order valence-electron chi connectivity index (χ0n) is 13.6. The molecule has 3 aromatic rings. The summed E-state index contributed by atoms with van der Waals surface area (Å²) in [5.74, 6) is -0.426. The highest BCUT2D eigenvalue weighted by Gasteiger charge is 2.30. The van der Waals surface area contributed by atoms with Gasteiger partial charge in [-0.2, -0.15) is 18.3 Å². The molecule has 0 aliphatic heterocycles. The van der Waals surface area contributed by atoms with E-state index in [1.54, 1.807) is 11.0 Å². The topological polar surface area (TPSA) is 59.8 Å². The van der Waals surface area contributed by atoms with Crippen LogP contribution in [0.1, 0.15) is 27.0 Å². The van der Waals surface area contributed by atoms with Crippen molar-refractivity contribution >= 4 is 5.91 Å². The molecule has 0 radical (unpaired) electrons. The fourth-order valence-corrected chi connectivity index (χ4v) is 2.36. The number of benzene rings is 2. The molecule has 134 valence electrons. The Balaban J connectivity index is 1.55. The molecule has 26 heavy (non-hydrogen) atoms. The van der Waals surface area contributed by atoms with Crippen LogP contribution in [0.25, 0.3) is 0 Å². The van der Waals surface area contributed by atoms with Gasteiger partial charge in [-0.25, -0.2) is 9.67 Å². The molecule has 0 aliphatic rings. The number of amides is 1. The number of aromatic nitrogens is 3. The highest BCUT2D eigenvalue weighted by atomic mass is 19.4. The monoisotopic (exact) mass is 360 g/mol. The zero-order chi connectivity index (χ0) is 18.6. The Kier molecular flexibility index (Phi) is 5.01. The summed E-state index contributed by atoms with van der Waals surface area (Å²) in [4.78, 5) is 15.9. The molecule has 1 amide bonds. The molecule has 0 fully saturated rings. The lowest BCUT2D eigenvalue weighted by Crippen LogP contribution is -2.22. The van der Waals surface area contributed by atoms with E-state index < -0.39 is 17.6 Å². The van der Waals surface area contributed by atoms with Crippen molar-refractivity contribution in [1.29, 1.82) is 0 Å². The van der Waals surface area contributed by atoms with E-state index in [0.717, 1.165) is 23.3 Å². The fourth-order valence-electron chi connectivity index (χ4n) is 2.36. The van der Waals surface area contributed by atoms with Crippen molar-refractivity contribution in [1.82, 2.24) is 20.1 Å². The number of carbonyl (C=O) groups excluding carboxylic acids is 1. The van der Waals surface area contributed by atoms with Crippen molar-refractivity contribution < 1.29 is 18.0 Å². The number of halogens is 3. The van der Waals surface area contributed by atoms with Gasteiger partial charge < -0.3 is 5.32 Å². The Morgan fingerprint density at radius 2 is 1.65 bits per heavy atom. The first-order valence-corrected chi connectivity index (χ1v) is 7.77. The second-order valence-corrected chi connectivity index (χ2v) is 5.67.